The number of furan rings is 1. The largest absolute Gasteiger partial charge is 0.440 e. The van der Waals surface area contributed by atoms with Gasteiger partial charge in [0.1, 0.15) is 0 Å². The van der Waals surface area contributed by atoms with Gasteiger partial charge in [0.2, 0.25) is 14.9 Å². The molecule has 0 saturated carbocycles. The molecule has 0 aliphatic carbocycles. The second-order valence-electron chi connectivity index (χ2n) is 5.28. The van der Waals surface area contributed by atoms with Crippen molar-refractivity contribution in [1.29, 1.82) is 0 Å². The predicted octanol–water partition coefficient (Wildman–Crippen LogP) is 5.01. The summed E-state index contributed by atoms with van der Waals surface area (Å²) >= 11 is 6.75. The zero-order valence-electron chi connectivity index (χ0n) is 13.1. The van der Waals surface area contributed by atoms with E-state index >= 15 is 0 Å². The Labute approximate surface area is 154 Å². The van der Waals surface area contributed by atoms with Crippen LogP contribution in [0, 0.1) is 6.92 Å². The van der Waals surface area contributed by atoms with Crippen molar-refractivity contribution in [3.63, 3.8) is 0 Å². The number of carbonyl (C=O) groups is 1. The summed E-state index contributed by atoms with van der Waals surface area (Å²) < 4.78 is 30.4. The average Bonchev–Trinajstić information content (AvgIpc) is 3.08. The Kier molecular flexibility index (Phi) is 5.03. The van der Waals surface area contributed by atoms with E-state index in [1.165, 1.54) is 24.3 Å². The second kappa shape index (κ2) is 7.07. The number of hydrogen-bond acceptors (Lipinski definition) is 5. The zero-order chi connectivity index (χ0) is 18.0. The lowest BCUT2D eigenvalue weighted by Gasteiger charge is -2.02. The van der Waals surface area contributed by atoms with Gasteiger partial charge in [-0.2, -0.15) is 0 Å². The molecule has 0 bridgehead atoms. The molecular formula is C18H13ClO4S2. The summed E-state index contributed by atoms with van der Waals surface area (Å²) in [6.45, 7) is 1.87. The van der Waals surface area contributed by atoms with Gasteiger partial charge in [-0.15, -0.1) is 0 Å². The van der Waals surface area contributed by atoms with Gasteiger partial charge < -0.3 is 4.42 Å². The van der Waals surface area contributed by atoms with E-state index in [9.17, 15) is 13.2 Å². The van der Waals surface area contributed by atoms with Crippen LogP contribution in [0.5, 0.6) is 0 Å². The van der Waals surface area contributed by atoms with Crippen LogP contribution in [0.25, 0.3) is 0 Å². The minimum Gasteiger partial charge on any atom is -0.440 e. The van der Waals surface area contributed by atoms with Gasteiger partial charge in [0, 0.05) is 9.92 Å². The van der Waals surface area contributed by atoms with Crippen molar-refractivity contribution < 1.29 is 17.6 Å². The van der Waals surface area contributed by atoms with Crippen molar-refractivity contribution in [2.75, 3.05) is 0 Å². The van der Waals surface area contributed by atoms with E-state index < -0.39 is 9.84 Å². The highest BCUT2D eigenvalue weighted by Crippen LogP contribution is 2.28. The van der Waals surface area contributed by atoms with E-state index in [2.05, 4.69) is 0 Å². The number of halogens is 1. The maximum absolute atomic E-state index is 12.6. The topological polar surface area (TPSA) is 64.3 Å². The standard InChI is InChI=1S/C18H13ClO4S2/c1-12-2-8-15(9-3-12)25(21,22)17-11-10-16(23-17)18(20)24-14-6-4-13(19)5-7-14/h2-11H,1H3. The van der Waals surface area contributed by atoms with Crippen molar-refractivity contribution in [3.8, 4) is 0 Å². The molecule has 0 aliphatic heterocycles. The normalized spacial score (nSPS) is 11.4. The van der Waals surface area contributed by atoms with Gasteiger partial charge in [0.25, 0.3) is 5.12 Å². The van der Waals surface area contributed by atoms with Crippen LogP contribution in [0.2, 0.25) is 5.02 Å². The van der Waals surface area contributed by atoms with Crippen LogP contribution in [0.1, 0.15) is 16.1 Å². The minimum absolute atomic E-state index is 0.0226. The Morgan fingerprint density at radius 1 is 0.960 bits per heavy atom. The molecule has 0 radical (unpaired) electrons. The monoisotopic (exact) mass is 392 g/mol. The van der Waals surface area contributed by atoms with Gasteiger partial charge in [-0.1, -0.05) is 29.3 Å². The Morgan fingerprint density at radius 3 is 2.24 bits per heavy atom. The molecule has 0 saturated heterocycles. The first-order valence-corrected chi connectivity index (χ1v) is 9.93. The first kappa shape index (κ1) is 17.8. The molecular weight excluding hydrogens is 380 g/mol. The van der Waals surface area contributed by atoms with Crippen molar-refractivity contribution in [2.24, 2.45) is 0 Å². The molecule has 0 aliphatic rings. The van der Waals surface area contributed by atoms with Gasteiger partial charge in [-0.25, -0.2) is 8.42 Å². The Balaban J connectivity index is 1.82. The van der Waals surface area contributed by atoms with Gasteiger partial charge in [0.05, 0.1) is 4.90 Å². The third kappa shape index (κ3) is 3.98. The molecule has 25 heavy (non-hydrogen) atoms. The van der Waals surface area contributed by atoms with Crippen LogP contribution >= 0.6 is 23.4 Å². The Morgan fingerprint density at radius 2 is 1.60 bits per heavy atom. The van der Waals surface area contributed by atoms with E-state index in [0.717, 1.165) is 17.3 Å². The third-order valence-electron chi connectivity index (χ3n) is 3.40. The van der Waals surface area contributed by atoms with Crippen LogP contribution in [0.4, 0.5) is 0 Å². The summed E-state index contributed by atoms with van der Waals surface area (Å²) in [4.78, 5) is 13.1. The highest BCUT2D eigenvalue weighted by atomic mass is 35.5. The molecule has 3 aromatic rings. The molecule has 128 valence electrons. The molecule has 7 heteroatoms. The fraction of sp³-hybridized carbons (Fsp3) is 0.0556. The summed E-state index contributed by atoms with van der Waals surface area (Å²) in [6, 6.07) is 15.9. The molecule has 0 atom stereocenters. The van der Waals surface area contributed by atoms with Crippen molar-refractivity contribution >= 4 is 38.3 Å². The van der Waals surface area contributed by atoms with Crippen LogP contribution in [0.3, 0.4) is 0 Å². The lowest BCUT2D eigenvalue weighted by Crippen LogP contribution is -2.00. The minimum atomic E-state index is -3.79. The highest BCUT2D eigenvalue weighted by Gasteiger charge is 2.23. The fourth-order valence-corrected chi connectivity index (χ4v) is 4.06. The summed E-state index contributed by atoms with van der Waals surface area (Å²) in [5.74, 6) is -0.0226. The summed E-state index contributed by atoms with van der Waals surface area (Å²) in [7, 11) is -3.79. The average molecular weight is 393 g/mol. The third-order valence-corrected chi connectivity index (χ3v) is 6.19. The van der Waals surface area contributed by atoms with Crippen LogP contribution < -0.4 is 0 Å². The van der Waals surface area contributed by atoms with Crippen LogP contribution in [-0.2, 0) is 9.84 Å². The molecule has 0 spiro atoms. The Hall–Kier alpha value is -2.02. The summed E-state index contributed by atoms with van der Waals surface area (Å²) in [5.41, 5.74) is 0.952. The number of aryl methyl sites for hydroxylation is 1. The van der Waals surface area contributed by atoms with E-state index in [1.54, 1.807) is 36.4 Å². The first-order valence-electron chi connectivity index (χ1n) is 7.25. The van der Waals surface area contributed by atoms with Gasteiger partial charge in [0.15, 0.2) is 5.76 Å². The Bertz CT molecular complexity index is 1000. The van der Waals surface area contributed by atoms with Crippen molar-refractivity contribution in [1.82, 2.24) is 0 Å². The maximum atomic E-state index is 12.6. The van der Waals surface area contributed by atoms with Gasteiger partial charge in [-0.3, -0.25) is 4.79 Å². The van der Waals surface area contributed by atoms with E-state index in [0.29, 0.717) is 9.92 Å². The fourth-order valence-electron chi connectivity index (χ4n) is 2.07. The van der Waals surface area contributed by atoms with Gasteiger partial charge in [-0.05, 0) is 67.2 Å². The number of carbonyl (C=O) groups excluding carboxylic acids is 1. The second-order valence-corrected chi connectivity index (χ2v) is 8.64. The molecule has 3 rings (SSSR count). The van der Waals surface area contributed by atoms with Crippen molar-refractivity contribution in [3.05, 3.63) is 77.0 Å². The lowest BCUT2D eigenvalue weighted by molar-refractivity contribution is 0.106. The number of rotatable bonds is 4. The zero-order valence-corrected chi connectivity index (χ0v) is 15.5. The molecule has 1 heterocycles. The summed E-state index contributed by atoms with van der Waals surface area (Å²) in [5, 5.41) is -0.0645. The number of benzene rings is 2. The van der Waals surface area contributed by atoms with E-state index in [-0.39, 0.29) is 20.9 Å². The van der Waals surface area contributed by atoms with Crippen LogP contribution in [0.15, 0.2) is 80.0 Å². The SMILES string of the molecule is Cc1ccc(S(=O)(=O)c2ccc(C(=O)Sc3ccc(Cl)cc3)o2)cc1. The molecule has 0 unspecified atom stereocenters. The highest BCUT2D eigenvalue weighted by molar-refractivity contribution is 8.14. The molecule has 1 aromatic heterocycles. The lowest BCUT2D eigenvalue weighted by atomic mass is 10.2. The molecule has 0 N–H and O–H groups in total. The van der Waals surface area contributed by atoms with E-state index in [4.69, 9.17) is 16.0 Å². The quantitative estimate of drug-likeness (QED) is 0.584. The maximum Gasteiger partial charge on any atom is 0.259 e. The summed E-state index contributed by atoms with van der Waals surface area (Å²) in [6.07, 6.45) is 0. The smallest absolute Gasteiger partial charge is 0.259 e. The first-order chi connectivity index (χ1) is 11.9. The van der Waals surface area contributed by atoms with Crippen molar-refractivity contribution in [2.45, 2.75) is 21.8 Å². The molecule has 2 aromatic carbocycles. The molecule has 0 fully saturated rings. The number of sulfone groups is 1. The van der Waals surface area contributed by atoms with Gasteiger partial charge >= 0.3 is 0 Å². The number of thioether (sulfide) groups is 1. The van der Waals surface area contributed by atoms with Crippen LogP contribution in [-0.4, -0.2) is 13.5 Å². The predicted molar refractivity (Wildman–Crippen MR) is 97.0 cm³/mol. The molecule has 0 amide bonds. The number of hydrogen-bond donors (Lipinski definition) is 0. The molecule has 4 nitrogen and oxygen atoms in total. The van der Waals surface area contributed by atoms with E-state index in [1.807, 2.05) is 6.92 Å².